The van der Waals surface area contributed by atoms with Gasteiger partial charge in [-0.1, -0.05) is 52.6 Å². The molecule has 0 saturated carbocycles. The molecule has 0 aliphatic rings. The highest BCUT2D eigenvalue weighted by atomic mass is 79.9. The number of ether oxygens (including phenoxy) is 2. The average Bonchev–Trinajstić information content (AvgIpc) is 2.31. The first-order valence-electron chi connectivity index (χ1n) is 6.54. The van der Waals surface area contributed by atoms with Crippen LogP contribution in [0, 0.1) is 5.41 Å². The molecule has 1 rings (SSSR count). The Balaban J connectivity index is 3.23. The van der Waals surface area contributed by atoms with E-state index in [-0.39, 0.29) is 10.2 Å². The van der Waals surface area contributed by atoms with Crippen molar-refractivity contribution in [3.63, 3.8) is 0 Å². The SMILES string of the molecule is CCOc1cc(Br)c(C(Br)C(C)(C)C)cc1OCC. The highest BCUT2D eigenvalue weighted by Gasteiger charge is 2.26. The number of alkyl halides is 1. The van der Waals surface area contributed by atoms with E-state index in [0.717, 1.165) is 16.0 Å². The minimum atomic E-state index is 0.124. The van der Waals surface area contributed by atoms with Crippen LogP contribution in [-0.4, -0.2) is 13.2 Å². The average molecular weight is 394 g/mol. The van der Waals surface area contributed by atoms with E-state index in [1.54, 1.807) is 0 Å². The summed E-state index contributed by atoms with van der Waals surface area (Å²) in [5.41, 5.74) is 1.30. The molecule has 19 heavy (non-hydrogen) atoms. The molecule has 0 fully saturated rings. The van der Waals surface area contributed by atoms with Crippen LogP contribution in [0.2, 0.25) is 0 Å². The second kappa shape index (κ2) is 6.98. The zero-order chi connectivity index (χ0) is 14.6. The van der Waals surface area contributed by atoms with Crippen molar-refractivity contribution in [2.45, 2.75) is 39.4 Å². The Bertz CT molecular complexity index is 425. The predicted octanol–water partition coefficient (Wildman–Crippen LogP) is 5.73. The van der Waals surface area contributed by atoms with Crippen LogP contribution in [0.25, 0.3) is 0 Å². The standard InChI is InChI=1S/C15H22Br2O2/c1-6-18-12-8-10(14(17)15(3,4)5)11(16)9-13(12)19-7-2/h8-9,14H,6-7H2,1-5H3. The van der Waals surface area contributed by atoms with E-state index in [1.165, 1.54) is 5.56 Å². The number of rotatable bonds is 5. The molecule has 0 bridgehead atoms. The van der Waals surface area contributed by atoms with E-state index in [2.05, 4.69) is 58.7 Å². The van der Waals surface area contributed by atoms with Gasteiger partial charge in [-0.25, -0.2) is 0 Å². The molecule has 2 nitrogen and oxygen atoms in total. The lowest BCUT2D eigenvalue weighted by Crippen LogP contribution is -2.13. The molecule has 108 valence electrons. The molecule has 0 aliphatic heterocycles. The molecule has 0 heterocycles. The second-order valence-electron chi connectivity index (χ2n) is 5.42. The third kappa shape index (κ3) is 4.38. The van der Waals surface area contributed by atoms with Gasteiger partial charge in [-0.05, 0) is 37.0 Å². The van der Waals surface area contributed by atoms with E-state index >= 15 is 0 Å². The summed E-state index contributed by atoms with van der Waals surface area (Å²) in [7, 11) is 0. The largest absolute Gasteiger partial charge is 0.490 e. The van der Waals surface area contributed by atoms with Gasteiger partial charge in [0.05, 0.1) is 13.2 Å². The highest BCUT2D eigenvalue weighted by molar-refractivity contribution is 9.11. The Kier molecular flexibility index (Phi) is 6.18. The van der Waals surface area contributed by atoms with Gasteiger partial charge in [0.2, 0.25) is 0 Å². The first-order chi connectivity index (χ1) is 8.81. The Morgan fingerprint density at radius 2 is 1.53 bits per heavy atom. The van der Waals surface area contributed by atoms with Crippen molar-refractivity contribution >= 4 is 31.9 Å². The maximum atomic E-state index is 5.68. The van der Waals surface area contributed by atoms with Gasteiger partial charge in [0.1, 0.15) is 0 Å². The van der Waals surface area contributed by atoms with Crippen molar-refractivity contribution in [3.05, 3.63) is 22.2 Å². The second-order valence-corrected chi connectivity index (χ2v) is 7.19. The minimum Gasteiger partial charge on any atom is -0.490 e. The Morgan fingerprint density at radius 3 is 1.95 bits per heavy atom. The fourth-order valence-electron chi connectivity index (χ4n) is 1.75. The third-order valence-corrected chi connectivity index (χ3v) is 5.25. The van der Waals surface area contributed by atoms with Crippen LogP contribution in [-0.2, 0) is 0 Å². The predicted molar refractivity (Wildman–Crippen MR) is 87.6 cm³/mol. The van der Waals surface area contributed by atoms with Crippen molar-refractivity contribution < 1.29 is 9.47 Å². The molecule has 0 spiro atoms. The van der Waals surface area contributed by atoms with E-state index in [1.807, 2.05) is 19.9 Å². The van der Waals surface area contributed by atoms with Crippen LogP contribution < -0.4 is 9.47 Å². The maximum Gasteiger partial charge on any atom is 0.162 e. The first-order valence-corrected chi connectivity index (χ1v) is 8.25. The van der Waals surface area contributed by atoms with Crippen molar-refractivity contribution in [3.8, 4) is 11.5 Å². The summed E-state index contributed by atoms with van der Waals surface area (Å²) in [6.45, 7) is 11.8. The van der Waals surface area contributed by atoms with E-state index in [4.69, 9.17) is 9.47 Å². The van der Waals surface area contributed by atoms with E-state index in [0.29, 0.717) is 13.2 Å². The molecule has 1 aromatic carbocycles. The third-order valence-electron chi connectivity index (χ3n) is 2.70. The molecular weight excluding hydrogens is 372 g/mol. The Labute approximate surface area is 133 Å². The van der Waals surface area contributed by atoms with Gasteiger partial charge < -0.3 is 9.47 Å². The summed E-state index contributed by atoms with van der Waals surface area (Å²) >= 11 is 7.41. The summed E-state index contributed by atoms with van der Waals surface area (Å²) < 4.78 is 12.3. The van der Waals surface area contributed by atoms with Crippen molar-refractivity contribution in [2.24, 2.45) is 5.41 Å². The van der Waals surface area contributed by atoms with Crippen molar-refractivity contribution in [1.29, 1.82) is 0 Å². The molecule has 4 heteroatoms. The Hall–Kier alpha value is -0.220. The van der Waals surface area contributed by atoms with E-state index < -0.39 is 0 Å². The zero-order valence-corrected chi connectivity index (χ0v) is 15.4. The minimum absolute atomic E-state index is 0.124. The van der Waals surface area contributed by atoms with E-state index in [9.17, 15) is 0 Å². The molecule has 1 unspecified atom stereocenters. The first kappa shape index (κ1) is 16.8. The molecule has 0 saturated heterocycles. The molecule has 0 radical (unpaired) electrons. The number of halogens is 2. The summed E-state index contributed by atoms with van der Waals surface area (Å²) in [5.74, 6) is 1.59. The Morgan fingerprint density at radius 1 is 1.05 bits per heavy atom. The fraction of sp³-hybridized carbons (Fsp3) is 0.600. The molecule has 0 aliphatic carbocycles. The summed E-state index contributed by atoms with van der Waals surface area (Å²) in [6.07, 6.45) is 0. The van der Waals surface area contributed by atoms with Crippen molar-refractivity contribution in [1.82, 2.24) is 0 Å². The van der Waals surface area contributed by atoms with Gasteiger partial charge in [0.15, 0.2) is 11.5 Å². The normalized spacial score (nSPS) is 13.2. The monoisotopic (exact) mass is 392 g/mol. The molecule has 0 N–H and O–H groups in total. The van der Waals surface area contributed by atoms with Gasteiger partial charge in [-0.15, -0.1) is 0 Å². The maximum absolute atomic E-state index is 5.68. The lowest BCUT2D eigenvalue weighted by Gasteiger charge is -2.27. The van der Waals surface area contributed by atoms with Gasteiger partial charge in [-0.2, -0.15) is 0 Å². The van der Waals surface area contributed by atoms with Gasteiger partial charge in [0, 0.05) is 9.30 Å². The molecule has 0 amide bonds. The van der Waals surface area contributed by atoms with Crippen LogP contribution in [0.1, 0.15) is 45.0 Å². The molecule has 1 aromatic rings. The fourth-order valence-corrected chi connectivity index (χ4v) is 2.99. The lowest BCUT2D eigenvalue weighted by molar-refractivity contribution is 0.286. The lowest BCUT2D eigenvalue weighted by atomic mass is 9.88. The summed E-state index contributed by atoms with van der Waals surface area (Å²) in [5, 5.41) is 0. The van der Waals surface area contributed by atoms with Crippen LogP contribution >= 0.6 is 31.9 Å². The quantitative estimate of drug-likeness (QED) is 0.594. The smallest absolute Gasteiger partial charge is 0.162 e. The van der Waals surface area contributed by atoms with Crippen LogP contribution in [0.15, 0.2) is 16.6 Å². The van der Waals surface area contributed by atoms with Gasteiger partial charge in [-0.3, -0.25) is 0 Å². The van der Waals surface area contributed by atoms with Crippen LogP contribution in [0.5, 0.6) is 11.5 Å². The molecule has 0 aromatic heterocycles. The van der Waals surface area contributed by atoms with Crippen LogP contribution in [0.3, 0.4) is 0 Å². The zero-order valence-electron chi connectivity index (χ0n) is 12.2. The number of hydrogen-bond acceptors (Lipinski definition) is 2. The van der Waals surface area contributed by atoms with Gasteiger partial charge >= 0.3 is 0 Å². The highest BCUT2D eigenvalue weighted by Crippen LogP contribution is 2.46. The molecule has 1 atom stereocenters. The van der Waals surface area contributed by atoms with Crippen molar-refractivity contribution in [2.75, 3.05) is 13.2 Å². The molecular formula is C15H22Br2O2. The topological polar surface area (TPSA) is 18.5 Å². The van der Waals surface area contributed by atoms with Gasteiger partial charge in [0.25, 0.3) is 0 Å². The number of hydrogen-bond donors (Lipinski definition) is 0. The summed E-state index contributed by atoms with van der Waals surface area (Å²) in [4.78, 5) is 0.240. The van der Waals surface area contributed by atoms with Crippen LogP contribution in [0.4, 0.5) is 0 Å². The number of benzene rings is 1. The summed E-state index contributed by atoms with van der Waals surface area (Å²) in [6, 6.07) is 4.05.